The van der Waals surface area contributed by atoms with Crippen LogP contribution in [0.4, 0.5) is 0 Å². The molecule has 1 saturated heterocycles. The van der Waals surface area contributed by atoms with Gasteiger partial charge in [-0.15, -0.1) is 11.3 Å². The monoisotopic (exact) mass is 499 g/mol. The van der Waals surface area contributed by atoms with Crippen LogP contribution in [-0.4, -0.2) is 92.4 Å². The number of hydrogen-bond donors (Lipinski definition) is 2. The highest BCUT2D eigenvalue weighted by atomic mass is 32.1. The number of carbonyl (C=O) groups is 2. The molecule has 1 aliphatic heterocycles. The van der Waals surface area contributed by atoms with E-state index < -0.39 is 0 Å². The van der Waals surface area contributed by atoms with E-state index in [-0.39, 0.29) is 11.8 Å². The van der Waals surface area contributed by atoms with Gasteiger partial charge in [-0.05, 0) is 29.6 Å². The SMILES string of the molecule is COc1cc(-c2cc(C(=O)N3CCN(CCNC(=O)c4cccs4)CC3)[nH]n2)cc(OC)c1OC. The number of aromatic nitrogens is 2. The largest absolute Gasteiger partial charge is 0.493 e. The fraction of sp³-hybridized carbons (Fsp3) is 0.375. The van der Waals surface area contributed by atoms with Crippen LogP contribution < -0.4 is 19.5 Å². The van der Waals surface area contributed by atoms with Crippen molar-refractivity contribution in [3.63, 3.8) is 0 Å². The number of nitrogens with one attached hydrogen (secondary N) is 2. The zero-order valence-electron chi connectivity index (χ0n) is 20.0. The van der Waals surface area contributed by atoms with Crippen molar-refractivity contribution in [2.24, 2.45) is 0 Å². The number of ether oxygens (including phenoxy) is 3. The van der Waals surface area contributed by atoms with E-state index in [4.69, 9.17) is 14.2 Å². The Hall–Kier alpha value is -3.57. The van der Waals surface area contributed by atoms with Crippen molar-refractivity contribution in [1.82, 2.24) is 25.3 Å². The topological polar surface area (TPSA) is 109 Å². The van der Waals surface area contributed by atoms with Gasteiger partial charge < -0.3 is 24.4 Å². The van der Waals surface area contributed by atoms with Crippen molar-refractivity contribution < 1.29 is 23.8 Å². The van der Waals surface area contributed by atoms with Gasteiger partial charge in [-0.2, -0.15) is 5.10 Å². The number of benzene rings is 1. The number of thiophene rings is 1. The van der Waals surface area contributed by atoms with Crippen molar-refractivity contribution in [1.29, 1.82) is 0 Å². The molecule has 2 amide bonds. The molecule has 3 heterocycles. The third kappa shape index (κ3) is 5.57. The summed E-state index contributed by atoms with van der Waals surface area (Å²) in [5, 5.41) is 12.0. The summed E-state index contributed by atoms with van der Waals surface area (Å²) in [6, 6.07) is 9.00. The fourth-order valence-corrected chi connectivity index (χ4v) is 4.62. The molecule has 0 saturated carbocycles. The number of nitrogens with zero attached hydrogens (tertiary/aromatic N) is 3. The standard InChI is InChI=1S/C24H29N5O5S/c1-32-19-13-16(14-20(33-2)22(19)34-3)17-15-18(27-26-17)24(31)29-10-8-28(9-11-29)7-6-25-23(30)21-5-4-12-35-21/h4-5,12-15H,6-11H2,1-3H3,(H,25,30)(H,26,27). The first-order valence-corrected chi connectivity index (χ1v) is 12.1. The number of aromatic amines is 1. The lowest BCUT2D eigenvalue weighted by Crippen LogP contribution is -2.50. The summed E-state index contributed by atoms with van der Waals surface area (Å²) >= 11 is 1.43. The Balaban J connectivity index is 1.32. The van der Waals surface area contributed by atoms with Gasteiger partial charge in [0.1, 0.15) is 5.69 Å². The van der Waals surface area contributed by atoms with E-state index in [1.54, 1.807) is 39.5 Å². The summed E-state index contributed by atoms with van der Waals surface area (Å²) in [7, 11) is 4.65. The van der Waals surface area contributed by atoms with Crippen LogP contribution in [0.3, 0.4) is 0 Å². The predicted octanol–water partition coefficient (Wildman–Crippen LogP) is 2.35. The molecule has 0 atom stereocenters. The molecule has 0 bridgehead atoms. The van der Waals surface area contributed by atoms with E-state index in [0.717, 1.165) is 25.2 Å². The van der Waals surface area contributed by atoms with Gasteiger partial charge in [0.15, 0.2) is 11.5 Å². The highest BCUT2D eigenvalue weighted by Gasteiger charge is 2.24. The van der Waals surface area contributed by atoms with E-state index in [2.05, 4.69) is 20.4 Å². The molecule has 0 spiro atoms. The second-order valence-corrected chi connectivity index (χ2v) is 8.90. The first-order valence-electron chi connectivity index (χ1n) is 11.2. The minimum absolute atomic E-state index is 0.0454. The van der Waals surface area contributed by atoms with Gasteiger partial charge in [0, 0.05) is 44.8 Å². The van der Waals surface area contributed by atoms with Crippen LogP contribution in [-0.2, 0) is 0 Å². The molecular formula is C24H29N5O5S. The maximum atomic E-state index is 13.0. The van der Waals surface area contributed by atoms with Gasteiger partial charge in [0.2, 0.25) is 5.75 Å². The Labute approximate surface area is 207 Å². The summed E-state index contributed by atoms with van der Waals surface area (Å²) in [5.74, 6) is 1.38. The molecule has 10 nitrogen and oxygen atoms in total. The van der Waals surface area contributed by atoms with E-state index in [0.29, 0.717) is 53.1 Å². The van der Waals surface area contributed by atoms with E-state index in [1.165, 1.54) is 11.3 Å². The van der Waals surface area contributed by atoms with Crippen molar-refractivity contribution in [3.8, 4) is 28.5 Å². The normalized spacial score (nSPS) is 14.0. The lowest BCUT2D eigenvalue weighted by molar-refractivity contribution is 0.0632. The lowest BCUT2D eigenvalue weighted by Gasteiger charge is -2.34. The number of rotatable bonds is 9. The molecule has 1 aromatic carbocycles. The average Bonchev–Trinajstić information content (AvgIpc) is 3.61. The molecule has 1 fully saturated rings. The molecular weight excluding hydrogens is 470 g/mol. The van der Waals surface area contributed by atoms with Gasteiger partial charge >= 0.3 is 0 Å². The van der Waals surface area contributed by atoms with Crippen molar-refractivity contribution in [3.05, 3.63) is 46.3 Å². The molecule has 3 aromatic rings. The van der Waals surface area contributed by atoms with Gasteiger partial charge in [-0.3, -0.25) is 19.6 Å². The Morgan fingerprint density at radius 3 is 2.37 bits per heavy atom. The van der Waals surface area contributed by atoms with Crippen molar-refractivity contribution >= 4 is 23.2 Å². The maximum Gasteiger partial charge on any atom is 0.271 e. The molecule has 0 aliphatic carbocycles. The Kier molecular flexibility index (Phi) is 7.88. The number of methoxy groups -OCH3 is 3. The third-order valence-corrected chi connectivity index (χ3v) is 6.76. The van der Waals surface area contributed by atoms with Crippen LogP contribution in [0.1, 0.15) is 20.2 Å². The number of carbonyl (C=O) groups excluding carboxylic acids is 2. The van der Waals surface area contributed by atoms with E-state index >= 15 is 0 Å². The maximum absolute atomic E-state index is 13.0. The van der Waals surface area contributed by atoms with Gasteiger partial charge in [-0.1, -0.05) is 6.07 Å². The molecule has 0 radical (unpaired) electrons. The van der Waals surface area contributed by atoms with Crippen LogP contribution in [0.25, 0.3) is 11.3 Å². The summed E-state index contributed by atoms with van der Waals surface area (Å²) < 4.78 is 16.2. The molecule has 2 N–H and O–H groups in total. The van der Waals surface area contributed by atoms with Crippen LogP contribution in [0.5, 0.6) is 17.2 Å². The molecule has 2 aromatic heterocycles. The zero-order chi connectivity index (χ0) is 24.8. The van der Waals surface area contributed by atoms with Crippen LogP contribution in [0.15, 0.2) is 35.7 Å². The Bertz CT molecular complexity index is 1130. The van der Waals surface area contributed by atoms with Crippen molar-refractivity contribution in [2.45, 2.75) is 0 Å². The first-order chi connectivity index (χ1) is 17.0. The highest BCUT2D eigenvalue weighted by molar-refractivity contribution is 7.12. The summed E-state index contributed by atoms with van der Waals surface area (Å²) in [6.07, 6.45) is 0. The van der Waals surface area contributed by atoms with Gasteiger partial charge in [-0.25, -0.2) is 0 Å². The average molecular weight is 500 g/mol. The number of hydrogen-bond acceptors (Lipinski definition) is 8. The number of H-pyrrole nitrogens is 1. The highest BCUT2D eigenvalue weighted by Crippen LogP contribution is 2.40. The molecule has 11 heteroatoms. The minimum atomic E-state index is -0.0955. The smallest absolute Gasteiger partial charge is 0.271 e. The lowest BCUT2D eigenvalue weighted by atomic mass is 10.1. The second kappa shape index (κ2) is 11.2. The molecule has 35 heavy (non-hydrogen) atoms. The Morgan fingerprint density at radius 2 is 1.77 bits per heavy atom. The summed E-state index contributed by atoms with van der Waals surface area (Å²) in [5.41, 5.74) is 1.77. The van der Waals surface area contributed by atoms with Gasteiger partial charge in [0.25, 0.3) is 11.8 Å². The summed E-state index contributed by atoms with van der Waals surface area (Å²) in [6.45, 7) is 4.02. The first kappa shape index (κ1) is 24.6. The van der Waals surface area contributed by atoms with Crippen molar-refractivity contribution in [2.75, 3.05) is 60.6 Å². The second-order valence-electron chi connectivity index (χ2n) is 7.95. The molecule has 0 unspecified atom stereocenters. The number of piperazine rings is 1. The minimum Gasteiger partial charge on any atom is -0.493 e. The predicted molar refractivity (Wildman–Crippen MR) is 133 cm³/mol. The van der Waals surface area contributed by atoms with Crippen LogP contribution in [0.2, 0.25) is 0 Å². The van der Waals surface area contributed by atoms with Crippen LogP contribution in [0, 0.1) is 0 Å². The van der Waals surface area contributed by atoms with Crippen LogP contribution >= 0.6 is 11.3 Å². The fourth-order valence-electron chi connectivity index (χ4n) is 3.98. The van der Waals surface area contributed by atoms with Gasteiger partial charge in [0.05, 0.1) is 31.9 Å². The zero-order valence-corrected chi connectivity index (χ0v) is 20.8. The van der Waals surface area contributed by atoms with E-state index in [9.17, 15) is 9.59 Å². The molecule has 4 rings (SSSR count). The third-order valence-electron chi connectivity index (χ3n) is 5.89. The Morgan fingerprint density at radius 1 is 1.06 bits per heavy atom. The molecule has 186 valence electrons. The van der Waals surface area contributed by atoms with E-state index in [1.807, 2.05) is 22.4 Å². The summed E-state index contributed by atoms with van der Waals surface area (Å²) in [4.78, 5) is 29.9. The quantitative estimate of drug-likeness (QED) is 0.465. The molecule has 1 aliphatic rings. The number of amides is 2.